The van der Waals surface area contributed by atoms with E-state index >= 15 is 0 Å². The fraction of sp³-hybridized carbons (Fsp3) is 0. The number of fused-ring (bicyclic) bond motifs is 14. The van der Waals surface area contributed by atoms with Gasteiger partial charge in [0.15, 0.2) is 0 Å². The fourth-order valence-corrected chi connectivity index (χ4v) is 17.4. The highest BCUT2D eigenvalue weighted by molar-refractivity contribution is 9.10. The number of para-hydroxylation sites is 6. The van der Waals surface area contributed by atoms with Crippen LogP contribution in [0, 0.1) is 0 Å². The van der Waals surface area contributed by atoms with E-state index in [1.807, 2.05) is 0 Å². The first-order valence-corrected chi connectivity index (χ1v) is 37.6. The Bertz CT molecular complexity index is 6930. The van der Waals surface area contributed by atoms with E-state index in [4.69, 9.17) is 0 Å². The van der Waals surface area contributed by atoms with Crippen LogP contribution in [0.3, 0.4) is 0 Å². The third-order valence-electron chi connectivity index (χ3n) is 21.3. The van der Waals surface area contributed by atoms with Crippen molar-refractivity contribution in [1.82, 2.24) is 18.3 Å². The maximum absolute atomic E-state index is 3.86. The van der Waals surface area contributed by atoms with Gasteiger partial charge in [-0.05, 0) is 217 Å². The molecule has 0 N–H and O–H groups in total. The molecule has 0 aliphatic carbocycles. The van der Waals surface area contributed by atoms with Crippen molar-refractivity contribution in [3.8, 4) is 89.5 Å². The summed E-state index contributed by atoms with van der Waals surface area (Å²) in [5, 5.41) is 12.7. The van der Waals surface area contributed by atoms with E-state index in [9.17, 15) is 0 Å². The van der Waals surface area contributed by atoms with Crippen molar-refractivity contribution in [2.75, 3.05) is 0 Å². The molecule has 106 heavy (non-hydrogen) atoms. The summed E-state index contributed by atoms with van der Waals surface area (Å²) in [5.74, 6) is 0. The normalized spacial score (nSPS) is 11.7. The number of rotatable bonds is 10. The van der Waals surface area contributed by atoms with Gasteiger partial charge in [-0.1, -0.05) is 281 Å². The first kappa shape index (κ1) is 62.9. The van der Waals surface area contributed by atoms with Crippen LogP contribution < -0.4 is 0 Å². The molecule has 0 amide bonds. The molecule has 498 valence electrons. The summed E-state index contributed by atoms with van der Waals surface area (Å²) in [6.07, 6.45) is 0. The molecule has 4 heterocycles. The van der Waals surface area contributed by atoms with Crippen molar-refractivity contribution in [1.29, 1.82) is 0 Å². The average molecular weight is 1480 g/mol. The molecule has 0 aliphatic heterocycles. The van der Waals surface area contributed by atoms with E-state index in [0.29, 0.717) is 0 Å². The second kappa shape index (κ2) is 26.1. The number of nitrogens with zero attached hydrogens (tertiary/aromatic N) is 4. The van der Waals surface area contributed by atoms with Gasteiger partial charge < -0.3 is 18.3 Å². The van der Waals surface area contributed by atoms with Crippen LogP contribution in [0.4, 0.5) is 0 Å². The van der Waals surface area contributed by atoms with Crippen molar-refractivity contribution in [2.45, 2.75) is 0 Å². The zero-order chi connectivity index (χ0) is 70.3. The summed E-state index contributed by atoms with van der Waals surface area (Å²) in [4.78, 5) is 0. The SMILES string of the molecule is Brc1cc(-c2ccc(-c3ccc4c(c3)c3c5ccccc5ccc3n4-c3ccccc3)cc2)cc(-c2ccc(-n3c4ccccc4c4ccccc43)cc2)c1.Brc1cc(-c2ccc(-c3ccc4c(c3)c3ccccc3n4-c3ccccc3)cc2)cc(-n2c3ccccc3c3cc(-c4ccccc4)ccc32)c1. The van der Waals surface area contributed by atoms with Gasteiger partial charge in [0.05, 0.1) is 44.1 Å². The lowest BCUT2D eigenvalue weighted by atomic mass is 9.96. The van der Waals surface area contributed by atoms with E-state index < -0.39 is 0 Å². The topological polar surface area (TPSA) is 19.7 Å². The van der Waals surface area contributed by atoms with Crippen molar-refractivity contribution in [3.63, 3.8) is 0 Å². The largest absolute Gasteiger partial charge is 0.309 e. The van der Waals surface area contributed by atoms with Gasteiger partial charge >= 0.3 is 0 Å². The third-order valence-corrected chi connectivity index (χ3v) is 22.2. The molecule has 21 aromatic rings. The molecule has 17 aromatic carbocycles. The molecule has 0 radical (unpaired) electrons. The zero-order valence-electron chi connectivity index (χ0n) is 57.5. The Hall–Kier alpha value is -12.8. The highest BCUT2D eigenvalue weighted by Gasteiger charge is 2.20. The van der Waals surface area contributed by atoms with Gasteiger partial charge in [-0.2, -0.15) is 0 Å². The van der Waals surface area contributed by atoms with Gasteiger partial charge in [-0.25, -0.2) is 0 Å². The molecule has 0 spiro atoms. The molecule has 4 nitrogen and oxygen atoms in total. The van der Waals surface area contributed by atoms with Gasteiger partial charge in [0, 0.05) is 74.8 Å². The minimum Gasteiger partial charge on any atom is -0.309 e. The zero-order valence-corrected chi connectivity index (χ0v) is 60.7. The van der Waals surface area contributed by atoms with Gasteiger partial charge in [0.1, 0.15) is 0 Å². The van der Waals surface area contributed by atoms with Gasteiger partial charge in [0.2, 0.25) is 0 Å². The van der Waals surface area contributed by atoms with Crippen LogP contribution in [0.5, 0.6) is 0 Å². The Labute approximate surface area is 630 Å². The third kappa shape index (κ3) is 10.9. The van der Waals surface area contributed by atoms with Crippen molar-refractivity contribution < 1.29 is 0 Å². The van der Waals surface area contributed by atoms with Crippen LogP contribution in [-0.2, 0) is 0 Å². The maximum atomic E-state index is 3.86. The average Bonchev–Trinajstić information content (AvgIpc) is 1.57. The van der Waals surface area contributed by atoms with E-state index in [1.54, 1.807) is 0 Å². The summed E-state index contributed by atoms with van der Waals surface area (Å²) >= 11 is 7.70. The minimum absolute atomic E-state index is 1.05. The molecule has 6 heteroatoms. The Morgan fingerprint density at radius 1 is 0.151 bits per heavy atom. The molecule has 0 unspecified atom stereocenters. The quantitative estimate of drug-likeness (QED) is 0.130. The predicted molar refractivity (Wildman–Crippen MR) is 456 cm³/mol. The smallest absolute Gasteiger partial charge is 0.0547 e. The Morgan fingerprint density at radius 3 is 0.915 bits per heavy atom. The monoisotopic (exact) mass is 1480 g/mol. The number of halogens is 2. The summed E-state index contributed by atoms with van der Waals surface area (Å²) in [6, 6.07) is 141. The maximum Gasteiger partial charge on any atom is 0.0547 e. The van der Waals surface area contributed by atoms with E-state index in [-0.39, 0.29) is 0 Å². The van der Waals surface area contributed by atoms with E-state index in [2.05, 4.69) is 438 Å². The molecule has 0 saturated heterocycles. The molecule has 0 saturated carbocycles. The number of benzene rings is 17. The van der Waals surface area contributed by atoms with E-state index in [1.165, 1.54) is 176 Å². The van der Waals surface area contributed by atoms with Crippen LogP contribution in [-0.4, -0.2) is 18.3 Å². The minimum atomic E-state index is 1.05. The standard InChI is InChI=1S/C52H33BrN2.C48H31BrN2/c53-41-31-39(30-40(32-41)36-22-26-43(27-23-36)54-48-16-8-6-14-45(48)46-15-7-9-17-49(46)54)35-20-18-34(19-21-35)38-25-28-50-47(33-38)52-44-13-5-4-10-37(44)24-29-51(52)55(50)42-11-2-1-3-12-42;49-38-27-37(28-40(31-38)51-46-18-10-8-16-42(46)44-29-35(23-26-48(44)51)32-11-3-1-4-12-32)34-21-19-33(20-22-34)36-24-25-47-43(30-36)41-15-7-9-17-45(41)50(47)39-13-5-2-6-14-39/h1-33H;1-31H. The molecule has 0 fully saturated rings. The van der Waals surface area contributed by atoms with Gasteiger partial charge in [0.25, 0.3) is 0 Å². The Balaban J connectivity index is 0.000000141. The summed E-state index contributed by atoms with van der Waals surface area (Å²) < 4.78 is 11.6. The summed E-state index contributed by atoms with van der Waals surface area (Å²) in [5.41, 5.74) is 28.6. The summed E-state index contributed by atoms with van der Waals surface area (Å²) in [6.45, 7) is 0. The lowest BCUT2D eigenvalue weighted by Crippen LogP contribution is -1.95. The van der Waals surface area contributed by atoms with Crippen LogP contribution in [0.2, 0.25) is 0 Å². The lowest BCUT2D eigenvalue weighted by Gasteiger charge is -2.12. The van der Waals surface area contributed by atoms with Crippen LogP contribution in [0.1, 0.15) is 0 Å². The fourth-order valence-electron chi connectivity index (χ4n) is 16.4. The van der Waals surface area contributed by atoms with Crippen molar-refractivity contribution in [3.05, 3.63) is 397 Å². The highest BCUT2D eigenvalue weighted by Crippen LogP contribution is 2.43. The van der Waals surface area contributed by atoms with Crippen LogP contribution >= 0.6 is 31.9 Å². The molecule has 4 aromatic heterocycles. The van der Waals surface area contributed by atoms with Crippen LogP contribution in [0.25, 0.3) is 188 Å². The molecule has 0 aliphatic rings. The molecular formula is C100H64Br2N4. The first-order chi connectivity index (χ1) is 52.4. The van der Waals surface area contributed by atoms with Crippen LogP contribution in [0.15, 0.2) is 397 Å². The number of hydrogen-bond donors (Lipinski definition) is 0. The molecule has 21 rings (SSSR count). The second-order valence-electron chi connectivity index (χ2n) is 27.5. The molecule has 0 bridgehead atoms. The molecular weight excluding hydrogens is 1420 g/mol. The molecule has 0 atom stereocenters. The lowest BCUT2D eigenvalue weighted by molar-refractivity contribution is 1.18. The van der Waals surface area contributed by atoms with Gasteiger partial charge in [-0.3, -0.25) is 0 Å². The highest BCUT2D eigenvalue weighted by atomic mass is 79.9. The number of aromatic nitrogens is 4. The van der Waals surface area contributed by atoms with Crippen molar-refractivity contribution >= 4 is 130 Å². The predicted octanol–water partition coefficient (Wildman–Crippen LogP) is 28.4. The second-order valence-corrected chi connectivity index (χ2v) is 29.3. The van der Waals surface area contributed by atoms with E-state index in [0.717, 1.165) is 20.3 Å². The Morgan fingerprint density at radius 2 is 0.443 bits per heavy atom. The summed E-state index contributed by atoms with van der Waals surface area (Å²) in [7, 11) is 0. The number of hydrogen-bond acceptors (Lipinski definition) is 0. The van der Waals surface area contributed by atoms with Gasteiger partial charge in [-0.15, -0.1) is 0 Å². The van der Waals surface area contributed by atoms with Crippen molar-refractivity contribution in [2.24, 2.45) is 0 Å². The Kier molecular flexibility index (Phi) is 15.5. The first-order valence-electron chi connectivity index (χ1n) is 36.0.